The molecule has 0 aromatic heterocycles. The van der Waals surface area contributed by atoms with Crippen LogP contribution in [0.3, 0.4) is 0 Å². The fourth-order valence-corrected chi connectivity index (χ4v) is 6.86. The molecule has 0 spiro atoms. The van der Waals surface area contributed by atoms with E-state index in [4.69, 9.17) is 0 Å². The van der Waals surface area contributed by atoms with Crippen LogP contribution in [-0.2, 0) is 14.6 Å². The average molecular weight is 386 g/mol. The molecular formula is C18H31N3O4S. The van der Waals surface area contributed by atoms with E-state index < -0.39 is 15.1 Å². The van der Waals surface area contributed by atoms with Gasteiger partial charge in [0.15, 0.2) is 9.84 Å². The molecule has 26 heavy (non-hydrogen) atoms. The summed E-state index contributed by atoms with van der Waals surface area (Å²) in [5, 5.41) is 2.39. The number of nitrogens with zero attached hydrogens (tertiary/aromatic N) is 2. The summed E-state index contributed by atoms with van der Waals surface area (Å²) in [4.78, 5) is 28.2. The van der Waals surface area contributed by atoms with Gasteiger partial charge in [0.2, 0.25) is 5.91 Å². The zero-order valence-corrected chi connectivity index (χ0v) is 16.6. The molecule has 2 heterocycles. The summed E-state index contributed by atoms with van der Waals surface area (Å²) in [6, 6.07) is -0.184. The van der Waals surface area contributed by atoms with Crippen LogP contribution in [0, 0.1) is 17.8 Å². The maximum atomic E-state index is 12.6. The maximum Gasteiger partial charge on any atom is 0.317 e. The number of hydrogen-bond acceptors (Lipinski definition) is 4. The van der Waals surface area contributed by atoms with Crippen molar-refractivity contribution >= 4 is 21.8 Å². The second kappa shape index (κ2) is 7.74. The molecular weight excluding hydrogens is 354 g/mol. The van der Waals surface area contributed by atoms with E-state index in [-0.39, 0.29) is 36.1 Å². The highest BCUT2D eigenvalue weighted by atomic mass is 32.2. The van der Waals surface area contributed by atoms with Gasteiger partial charge in [0.05, 0.1) is 11.0 Å². The molecule has 3 aliphatic rings. The van der Waals surface area contributed by atoms with Gasteiger partial charge >= 0.3 is 6.03 Å². The Morgan fingerprint density at radius 3 is 2.42 bits per heavy atom. The lowest BCUT2D eigenvalue weighted by Gasteiger charge is -2.33. The first kappa shape index (κ1) is 19.5. The Labute approximate surface area is 156 Å². The predicted molar refractivity (Wildman–Crippen MR) is 99.4 cm³/mol. The second-order valence-electron chi connectivity index (χ2n) is 8.29. The summed E-state index contributed by atoms with van der Waals surface area (Å²) in [5.41, 5.74) is 0. The van der Waals surface area contributed by atoms with E-state index >= 15 is 0 Å². The first-order chi connectivity index (χ1) is 12.3. The largest absolute Gasteiger partial charge is 0.349 e. The first-order valence-corrected chi connectivity index (χ1v) is 11.5. The van der Waals surface area contributed by atoms with Crippen LogP contribution in [0.1, 0.15) is 38.5 Å². The van der Waals surface area contributed by atoms with Gasteiger partial charge < -0.3 is 15.1 Å². The summed E-state index contributed by atoms with van der Waals surface area (Å²) in [7, 11) is 0.150. The van der Waals surface area contributed by atoms with Crippen LogP contribution in [0.4, 0.5) is 4.79 Å². The van der Waals surface area contributed by atoms with Gasteiger partial charge in [0, 0.05) is 45.6 Å². The third-order valence-electron chi connectivity index (χ3n) is 6.31. The highest BCUT2D eigenvalue weighted by molar-refractivity contribution is 7.92. The van der Waals surface area contributed by atoms with Crippen molar-refractivity contribution in [3.63, 3.8) is 0 Å². The smallest absolute Gasteiger partial charge is 0.317 e. The normalized spacial score (nSPS) is 31.3. The Morgan fingerprint density at radius 1 is 1.08 bits per heavy atom. The van der Waals surface area contributed by atoms with Gasteiger partial charge in [-0.05, 0) is 25.2 Å². The van der Waals surface area contributed by atoms with Crippen LogP contribution >= 0.6 is 0 Å². The summed E-state index contributed by atoms with van der Waals surface area (Å²) in [5.74, 6) is -0.0573. The van der Waals surface area contributed by atoms with E-state index in [0.717, 1.165) is 12.8 Å². The number of rotatable bonds is 3. The predicted octanol–water partition coefficient (Wildman–Crippen LogP) is 1.10. The van der Waals surface area contributed by atoms with Crippen molar-refractivity contribution in [3.8, 4) is 0 Å². The molecule has 1 saturated carbocycles. The SMILES string of the molecule is CN(C)C(=O)[C@H]1CCS(=O)(=O)[C@@H]2CN(C(=O)NCC3CCCCC3)C[C@H]12. The fourth-order valence-electron chi connectivity index (χ4n) is 4.76. The molecule has 3 fully saturated rings. The standard InChI is InChI=1S/C18H31N3O4S/c1-20(2)17(22)14-8-9-26(24,25)16-12-21(11-15(14)16)18(23)19-10-13-6-4-3-5-7-13/h13-16H,3-12H2,1-2H3,(H,19,23)/t14-,15+,16+/m0/s1. The molecule has 3 rings (SSSR count). The molecule has 0 unspecified atom stereocenters. The summed E-state index contributed by atoms with van der Waals surface area (Å²) >= 11 is 0. The van der Waals surface area contributed by atoms with E-state index in [1.807, 2.05) is 0 Å². The van der Waals surface area contributed by atoms with Crippen molar-refractivity contribution in [1.29, 1.82) is 0 Å². The Balaban J connectivity index is 1.64. The number of amides is 3. The lowest BCUT2D eigenvalue weighted by atomic mass is 9.87. The zero-order chi connectivity index (χ0) is 18.9. The van der Waals surface area contributed by atoms with Gasteiger partial charge in [0.25, 0.3) is 0 Å². The van der Waals surface area contributed by atoms with Crippen molar-refractivity contribution in [2.75, 3.05) is 39.5 Å². The molecule has 0 radical (unpaired) electrons. The number of likely N-dealkylation sites (tertiary alicyclic amines) is 1. The van der Waals surface area contributed by atoms with Gasteiger partial charge in [-0.25, -0.2) is 13.2 Å². The highest BCUT2D eigenvalue weighted by Gasteiger charge is 2.51. The Bertz CT molecular complexity index is 643. The molecule has 2 aliphatic heterocycles. The van der Waals surface area contributed by atoms with Crippen molar-refractivity contribution < 1.29 is 18.0 Å². The summed E-state index contributed by atoms with van der Waals surface area (Å²) in [6.07, 6.45) is 6.39. The van der Waals surface area contributed by atoms with Crippen molar-refractivity contribution in [2.45, 2.75) is 43.8 Å². The van der Waals surface area contributed by atoms with Gasteiger partial charge in [0.1, 0.15) is 0 Å². The minimum absolute atomic E-state index is 0.0284. The van der Waals surface area contributed by atoms with E-state index in [1.165, 1.54) is 24.2 Å². The number of urea groups is 1. The Kier molecular flexibility index (Phi) is 5.79. The Hall–Kier alpha value is -1.31. The molecule has 1 aliphatic carbocycles. The molecule has 3 atom stereocenters. The fraction of sp³-hybridized carbons (Fsp3) is 0.889. The van der Waals surface area contributed by atoms with Crippen molar-refractivity contribution in [3.05, 3.63) is 0 Å². The number of hydrogen-bond donors (Lipinski definition) is 1. The quantitative estimate of drug-likeness (QED) is 0.788. The molecule has 7 nitrogen and oxygen atoms in total. The van der Waals surface area contributed by atoms with Crippen LogP contribution in [-0.4, -0.2) is 74.9 Å². The van der Waals surface area contributed by atoms with E-state index in [1.54, 1.807) is 19.0 Å². The maximum absolute atomic E-state index is 12.6. The highest BCUT2D eigenvalue weighted by Crippen LogP contribution is 2.37. The molecule has 148 valence electrons. The van der Waals surface area contributed by atoms with Crippen LogP contribution < -0.4 is 5.32 Å². The molecule has 1 N–H and O–H groups in total. The number of carbonyl (C=O) groups is 2. The third kappa shape index (κ3) is 4.00. The molecule has 8 heteroatoms. The molecule has 2 saturated heterocycles. The van der Waals surface area contributed by atoms with Crippen LogP contribution in [0.2, 0.25) is 0 Å². The van der Waals surface area contributed by atoms with E-state index in [0.29, 0.717) is 25.4 Å². The van der Waals surface area contributed by atoms with Gasteiger partial charge in [-0.1, -0.05) is 19.3 Å². The summed E-state index contributed by atoms with van der Waals surface area (Å²) in [6.45, 7) is 1.23. The number of carbonyl (C=O) groups excluding carboxylic acids is 2. The number of fused-ring (bicyclic) bond motifs is 1. The molecule has 3 amide bonds. The van der Waals surface area contributed by atoms with Gasteiger partial charge in [-0.3, -0.25) is 4.79 Å². The van der Waals surface area contributed by atoms with E-state index in [9.17, 15) is 18.0 Å². The van der Waals surface area contributed by atoms with Crippen LogP contribution in [0.15, 0.2) is 0 Å². The van der Waals surface area contributed by atoms with Crippen molar-refractivity contribution in [2.24, 2.45) is 17.8 Å². The van der Waals surface area contributed by atoms with Gasteiger partial charge in [-0.2, -0.15) is 0 Å². The first-order valence-electron chi connectivity index (χ1n) is 9.75. The lowest BCUT2D eigenvalue weighted by molar-refractivity contribution is -0.134. The average Bonchev–Trinajstić information content (AvgIpc) is 3.07. The third-order valence-corrected chi connectivity index (χ3v) is 8.54. The van der Waals surface area contributed by atoms with Gasteiger partial charge in [-0.15, -0.1) is 0 Å². The second-order valence-corrected chi connectivity index (χ2v) is 10.6. The zero-order valence-electron chi connectivity index (χ0n) is 15.8. The van der Waals surface area contributed by atoms with Crippen molar-refractivity contribution in [1.82, 2.24) is 15.1 Å². The lowest BCUT2D eigenvalue weighted by Crippen LogP contribution is -2.46. The topological polar surface area (TPSA) is 86.8 Å². The minimum atomic E-state index is -3.25. The molecule has 0 bridgehead atoms. The monoisotopic (exact) mass is 385 g/mol. The Morgan fingerprint density at radius 2 is 1.77 bits per heavy atom. The summed E-state index contributed by atoms with van der Waals surface area (Å²) < 4.78 is 25.0. The number of sulfone groups is 1. The minimum Gasteiger partial charge on any atom is -0.349 e. The number of nitrogens with one attached hydrogen (secondary N) is 1. The van der Waals surface area contributed by atoms with Crippen LogP contribution in [0.5, 0.6) is 0 Å². The van der Waals surface area contributed by atoms with Crippen LogP contribution in [0.25, 0.3) is 0 Å². The van der Waals surface area contributed by atoms with E-state index in [2.05, 4.69) is 5.32 Å². The molecule has 0 aromatic rings. The molecule has 0 aromatic carbocycles.